The Kier molecular flexibility index (Phi) is 3.68. The summed E-state index contributed by atoms with van der Waals surface area (Å²) in [7, 11) is 0. The number of nitrogens with zero attached hydrogens (tertiary/aromatic N) is 1. The summed E-state index contributed by atoms with van der Waals surface area (Å²) in [6, 6.07) is 1.65. The van der Waals surface area contributed by atoms with E-state index < -0.39 is 0 Å². The van der Waals surface area contributed by atoms with Crippen molar-refractivity contribution >= 4 is 0 Å². The molecule has 2 heteroatoms. The molecular weight excluding hydrogens is 184 g/mol. The van der Waals surface area contributed by atoms with Crippen molar-refractivity contribution < 1.29 is 0 Å². The van der Waals surface area contributed by atoms with Crippen molar-refractivity contribution in [1.29, 1.82) is 0 Å². The minimum atomic E-state index is 0.736. The maximum atomic E-state index is 3.67. The Balaban J connectivity index is 1.82. The van der Waals surface area contributed by atoms with Crippen molar-refractivity contribution in [3.63, 3.8) is 0 Å². The van der Waals surface area contributed by atoms with Gasteiger partial charge in [-0.05, 0) is 24.7 Å². The zero-order valence-corrected chi connectivity index (χ0v) is 10.5. The predicted molar refractivity (Wildman–Crippen MR) is 65.0 cm³/mol. The largest absolute Gasteiger partial charge is 0.311 e. The van der Waals surface area contributed by atoms with Crippen LogP contribution in [0, 0.1) is 11.8 Å². The maximum Gasteiger partial charge on any atom is 0.0221 e. The molecule has 15 heavy (non-hydrogen) atoms. The minimum absolute atomic E-state index is 0.736. The summed E-state index contributed by atoms with van der Waals surface area (Å²) in [5.74, 6) is 1.80. The van der Waals surface area contributed by atoms with Gasteiger partial charge in [-0.15, -0.1) is 0 Å². The van der Waals surface area contributed by atoms with Crippen LogP contribution in [0.4, 0.5) is 0 Å². The molecule has 2 nitrogen and oxygen atoms in total. The van der Waals surface area contributed by atoms with Crippen molar-refractivity contribution in [3.05, 3.63) is 0 Å². The lowest BCUT2D eigenvalue weighted by atomic mass is 9.80. The zero-order valence-electron chi connectivity index (χ0n) is 10.5. The van der Waals surface area contributed by atoms with Crippen LogP contribution in [0.3, 0.4) is 0 Å². The van der Waals surface area contributed by atoms with Gasteiger partial charge in [-0.3, -0.25) is 4.90 Å². The highest BCUT2D eigenvalue weighted by molar-refractivity contribution is 4.90. The average Bonchev–Trinajstić information content (AvgIpc) is 2.24. The molecule has 2 rings (SSSR count). The highest BCUT2D eigenvalue weighted by Crippen LogP contribution is 2.32. The molecule has 1 saturated carbocycles. The van der Waals surface area contributed by atoms with Gasteiger partial charge in [0.15, 0.2) is 0 Å². The zero-order chi connectivity index (χ0) is 10.8. The first-order valence-corrected chi connectivity index (χ1v) is 6.68. The predicted octanol–water partition coefficient (Wildman–Crippen LogP) is 2.10. The van der Waals surface area contributed by atoms with Gasteiger partial charge in [-0.1, -0.05) is 27.2 Å². The fourth-order valence-corrected chi connectivity index (χ4v) is 2.96. The number of hydrogen-bond acceptors (Lipinski definition) is 2. The average molecular weight is 210 g/mol. The SMILES string of the molecule is CCC(C)C1CN(C2CC(C)C2)CCN1. The number of hydrogen-bond donors (Lipinski definition) is 1. The van der Waals surface area contributed by atoms with Crippen LogP contribution >= 0.6 is 0 Å². The van der Waals surface area contributed by atoms with E-state index >= 15 is 0 Å². The Bertz CT molecular complexity index is 199. The maximum absolute atomic E-state index is 3.67. The highest BCUT2D eigenvalue weighted by Gasteiger charge is 2.34. The van der Waals surface area contributed by atoms with Crippen molar-refractivity contribution in [2.75, 3.05) is 19.6 Å². The molecule has 1 heterocycles. The Labute approximate surface area is 94.4 Å². The van der Waals surface area contributed by atoms with Gasteiger partial charge in [0.1, 0.15) is 0 Å². The molecule has 0 amide bonds. The standard InChI is InChI=1S/C13H26N2/c1-4-11(3)13-9-15(6-5-14-13)12-7-10(2)8-12/h10-14H,4-9H2,1-3H3. The van der Waals surface area contributed by atoms with Crippen molar-refractivity contribution in [3.8, 4) is 0 Å². The molecular formula is C13H26N2. The summed E-state index contributed by atoms with van der Waals surface area (Å²) >= 11 is 0. The molecule has 2 aliphatic rings. The molecule has 88 valence electrons. The van der Waals surface area contributed by atoms with Gasteiger partial charge in [-0.2, -0.15) is 0 Å². The van der Waals surface area contributed by atoms with Gasteiger partial charge >= 0.3 is 0 Å². The number of piperazine rings is 1. The number of rotatable bonds is 3. The lowest BCUT2D eigenvalue weighted by molar-refractivity contribution is 0.0505. The third-order valence-corrected chi connectivity index (χ3v) is 4.43. The van der Waals surface area contributed by atoms with Crippen LogP contribution in [-0.4, -0.2) is 36.6 Å². The Morgan fingerprint density at radius 2 is 2.13 bits per heavy atom. The van der Waals surface area contributed by atoms with Gasteiger partial charge in [0.25, 0.3) is 0 Å². The first-order chi connectivity index (χ1) is 7.20. The van der Waals surface area contributed by atoms with E-state index in [1.165, 1.54) is 38.9 Å². The van der Waals surface area contributed by atoms with Crippen LogP contribution in [0.25, 0.3) is 0 Å². The van der Waals surface area contributed by atoms with Crippen LogP contribution < -0.4 is 5.32 Å². The van der Waals surface area contributed by atoms with Gasteiger partial charge < -0.3 is 5.32 Å². The van der Waals surface area contributed by atoms with Crippen molar-refractivity contribution in [1.82, 2.24) is 10.2 Å². The van der Waals surface area contributed by atoms with Crippen LogP contribution in [-0.2, 0) is 0 Å². The van der Waals surface area contributed by atoms with E-state index in [1.807, 2.05) is 0 Å². The smallest absolute Gasteiger partial charge is 0.0221 e. The fraction of sp³-hybridized carbons (Fsp3) is 1.00. The summed E-state index contributed by atoms with van der Waals surface area (Å²) in [5, 5.41) is 3.67. The van der Waals surface area contributed by atoms with Crippen molar-refractivity contribution in [2.45, 2.75) is 52.1 Å². The van der Waals surface area contributed by atoms with E-state index in [1.54, 1.807) is 0 Å². The molecule has 2 atom stereocenters. The first kappa shape index (κ1) is 11.4. The summed E-state index contributed by atoms with van der Waals surface area (Å²) in [6.07, 6.45) is 4.17. The molecule has 0 aromatic heterocycles. The molecule has 0 spiro atoms. The monoisotopic (exact) mass is 210 g/mol. The van der Waals surface area contributed by atoms with Gasteiger partial charge in [-0.25, -0.2) is 0 Å². The third kappa shape index (κ3) is 2.54. The molecule has 2 fully saturated rings. The van der Waals surface area contributed by atoms with E-state index in [4.69, 9.17) is 0 Å². The summed E-state index contributed by atoms with van der Waals surface area (Å²) in [5.41, 5.74) is 0. The van der Waals surface area contributed by atoms with Gasteiger partial charge in [0.05, 0.1) is 0 Å². The second kappa shape index (κ2) is 4.84. The normalized spacial score (nSPS) is 39.8. The second-order valence-electron chi connectivity index (χ2n) is 5.67. The van der Waals surface area contributed by atoms with E-state index in [0.717, 1.165) is 23.9 Å². The quantitative estimate of drug-likeness (QED) is 0.767. The topological polar surface area (TPSA) is 15.3 Å². The lowest BCUT2D eigenvalue weighted by Gasteiger charge is -2.46. The molecule has 1 saturated heterocycles. The van der Waals surface area contributed by atoms with E-state index in [2.05, 4.69) is 31.0 Å². The third-order valence-electron chi connectivity index (χ3n) is 4.43. The van der Waals surface area contributed by atoms with Gasteiger partial charge in [0.2, 0.25) is 0 Å². The molecule has 0 aromatic rings. The Morgan fingerprint density at radius 1 is 1.40 bits per heavy atom. The first-order valence-electron chi connectivity index (χ1n) is 6.68. The Morgan fingerprint density at radius 3 is 2.73 bits per heavy atom. The van der Waals surface area contributed by atoms with E-state index in [9.17, 15) is 0 Å². The van der Waals surface area contributed by atoms with Crippen LogP contribution in [0.1, 0.15) is 40.0 Å². The van der Waals surface area contributed by atoms with Crippen LogP contribution in [0.5, 0.6) is 0 Å². The van der Waals surface area contributed by atoms with E-state index in [0.29, 0.717) is 0 Å². The highest BCUT2D eigenvalue weighted by atomic mass is 15.2. The molecule has 1 N–H and O–H groups in total. The lowest BCUT2D eigenvalue weighted by Crippen LogP contribution is -2.58. The molecule has 2 unspecified atom stereocenters. The summed E-state index contributed by atoms with van der Waals surface area (Å²) < 4.78 is 0. The van der Waals surface area contributed by atoms with E-state index in [-0.39, 0.29) is 0 Å². The molecule has 0 bridgehead atoms. The molecule has 0 radical (unpaired) electrons. The van der Waals surface area contributed by atoms with Crippen molar-refractivity contribution in [2.24, 2.45) is 11.8 Å². The fourth-order valence-electron chi connectivity index (χ4n) is 2.96. The second-order valence-corrected chi connectivity index (χ2v) is 5.67. The van der Waals surface area contributed by atoms with Crippen LogP contribution in [0.15, 0.2) is 0 Å². The number of nitrogens with one attached hydrogen (secondary N) is 1. The van der Waals surface area contributed by atoms with Gasteiger partial charge in [0, 0.05) is 31.7 Å². The molecule has 1 aliphatic carbocycles. The Hall–Kier alpha value is -0.0800. The molecule has 1 aliphatic heterocycles. The summed E-state index contributed by atoms with van der Waals surface area (Å²) in [6.45, 7) is 10.8. The van der Waals surface area contributed by atoms with Crippen LogP contribution in [0.2, 0.25) is 0 Å². The minimum Gasteiger partial charge on any atom is -0.311 e. The molecule has 0 aromatic carbocycles. The summed E-state index contributed by atoms with van der Waals surface area (Å²) in [4.78, 5) is 2.73.